The predicted octanol–water partition coefficient (Wildman–Crippen LogP) is 11.2. The first-order valence-corrected chi connectivity index (χ1v) is 17.1. The van der Waals surface area contributed by atoms with Gasteiger partial charge in [0.15, 0.2) is 17.5 Å². The van der Waals surface area contributed by atoms with Gasteiger partial charge in [0.2, 0.25) is 0 Å². The fraction of sp³-hybridized carbons (Fsp3) is 0.0435. The number of fused-ring (bicyclic) bond motifs is 6. The van der Waals surface area contributed by atoms with Gasteiger partial charge in [0.1, 0.15) is 16.9 Å². The van der Waals surface area contributed by atoms with Crippen molar-refractivity contribution in [3.05, 3.63) is 181 Å². The van der Waals surface area contributed by atoms with E-state index in [9.17, 15) is 0 Å². The highest BCUT2D eigenvalue weighted by molar-refractivity contribution is 6.09. The first-order chi connectivity index (χ1) is 25.1. The summed E-state index contributed by atoms with van der Waals surface area (Å²) in [4.78, 5) is 19.0. The third-order valence-electron chi connectivity index (χ3n) is 10.3. The molecule has 5 nitrogen and oxygen atoms in total. The zero-order chi connectivity index (χ0) is 33.9. The van der Waals surface area contributed by atoms with Gasteiger partial charge in [-0.15, -0.1) is 0 Å². The summed E-state index contributed by atoms with van der Waals surface area (Å²) in [6.07, 6.45) is 1.75. The Morgan fingerprint density at radius 1 is 0.451 bits per heavy atom. The van der Waals surface area contributed by atoms with Gasteiger partial charge in [-0.3, -0.25) is 4.98 Å². The quantitative estimate of drug-likeness (QED) is 0.185. The highest BCUT2D eigenvalue weighted by atomic mass is 16.3. The summed E-state index contributed by atoms with van der Waals surface area (Å²) in [6.45, 7) is 2.34. The van der Waals surface area contributed by atoms with E-state index in [1.807, 2.05) is 48.5 Å². The molecule has 0 N–H and O–H groups in total. The number of hydrogen-bond donors (Lipinski definition) is 0. The predicted molar refractivity (Wildman–Crippen MR) is 204 cm³/mol. The van der Waals surface area contributed by atoms with Crippen molar-refractivity contribution < 1.29 is 4.42 Å². The summed E-state index contributed by atoms with van der Waals surface area (Å²) in [7, 11) is 0. The van der Waals surface area contributed by atoms with E-state index in [0.29, 0.717) is 23.2 Å². The first-order valence-electron chi connectivity index (χ1n) is 17.1. The molecule has 0 bridgehead atoms. The van der Waals surface area contributed by atoms with Gasteiger partial charge in [-0.25, -0.2) is 15.0 Å². The van der Waals surface area contributed by atoms with Gasteiger partial charge in [-0.2, -0.15) is 0 Å². The SMILES string of the molecule is CC1(c2ccccc2)c2ccccc2-c2cc3c(cc21)oc1ccc(-c2ccc(-c4nc(-c5ccccc5)nc(-c5ccccn5)n4)cc2)cc13. The van der Waals surface area contributed by atoms with Crippen molar-refractivity contribution >= 4 is 21.9 Å². The van der Waals surface area contributed by atoms with Crippen LogP contribution in [0, 0.1) is 0 Å². The largest absolute Gasteiger partial charge is 0.456 e. The van der Waals surface area contributed by atoms with Crippen LogP contribution in [0.1, 0.15) is 23.6 Å². The van der Waals surface area contributed by atoms with E-state index in [0.717, 1.165) is 44.2 Å². The molecule has 3 heterocycles. The Hall–Kier alpha value is -6.72. The number of pyridine rings is 1. The Morgan fingerprint density at radius 3 is 1.84 bits per heavy atom. The van der Waals surface area contributed by atoms with Gasteiger partial charge in [-0.05, 0) is 82.3 Å². The molecular weight excluding hydrogens is 625 g/mol. The standard InChI is InChI=1S/C46H30N4O/c1-46(33-14-6-3-7-15-33)38-17-9-8-16-34(38)35-27-37-36-26-32(23-24-41(36)51-42(37)28-39(35)46)29-19-21-31(22-20-29)44-48-43(30-12-4-2-5-13-30)49-45(50-44)40-18-10-11-25-47-40/h2-28H,1H3. The molecule has 6 aromatic carbocycles. The number of aromatic nitrogens is 4. The minimum atomic E-state index is -0.272. The van der Waals surface area contributed by atoms with Crippen molar-refractivity contribution in [1.29, 1.82) is 0 Å². The molecule has 0 aliphatic heterocycles. The Labute approximate surface area is 295 Å². The topological polar surface area (TPSA) is 64.7 Å². The third-order valence-corrected chi connectivity index (χ3v) is 10.3. The minimum Gasteiger partial charge on any atom is -0.456 e. The van der Waals surface area contributed by atoms with Crippen LogP contribution in [-0.4, -0.2) is 19.9 Å². The first kappa shape index (κ1) is 29.2. The van der Waals surface area contributed by atoms with Crippen LogP contribution >= 0.6 is 0 Å². The third kappa shape index (κ3) is 4.70. The fourth-order valence-corrected chi connectivity index (χ4v) is 7.66. The Morgan fingerprint density at radius 2 is 1.08 bits per heavy atom. The van der Waals surface area contributed by atoms with Crippen molar-refractivity contribution in [1.82, 2.24) is 19.9 Å². The van der Waals surface area contributed by atoms with E-state index >= 15 is 0 Å². The van der Waals surface area contributed by atoms with Gasteiger partial charge >= 0.3 is 0 Å². The van der Waals surface area contributed by atoms with Crippen molar-refractivity contribution in [3.63, 3.8) is 0 Å². The molecule has 9 aromatic rings. The van der Waals surface area contributed by atoms with E-state index in [4.69, 9.17) is 19.4 Å². The summed E-state index contributed by atoms with van der Waals surface area (Å²) in [5.41, 5.74) is 12.7. The van der Waals surface area contributed by atoms with Crippen LogP contribution in [0.25, 0.3) is 78.5 Å². The Bertz CT molecular complexity index is 2680. The van der Waals surface area contributed by atoms with Gasteiger partial charge in [0.05, 0.1) is 0 Å². The highest BCUT2D eigenvalue weighted by Gasteiger charge is 2.41. The molecular formula is C46H30N4O. The Kier molecular flexibility index (Phi) is 6.55. The molecule has 1 unspecified atom stereocenters. The number of hydrogen-bond acceptors (Lipinski definition) is 5. The number of nitrogens with zero attached hydrogens (tertiary/aromatic N) is 4. The second kappa shape index (κ2) is 11.4. The summed E-state index contributed by atoms with van der Waals surface area (Å²) >= 11 is 0. The Balaban J connectivity index is 1.05. The van der Waals surface area contributed by atoms with Crippen molar-refractivity contribution in [2.75, 3.05) is 0 Å². The summed E-state index contributed by atoms with van der Waals surface area (Å²) < 4.78 is 6.54. The average Bonchev–Trinajstić information content (AvgIpc) is 3.69. The lowest BCUT2D eigenvalue weighted by Gasteiger charge is -2.28. The molecule has 0 fully saturated rings. The maximum Gasteiger partial charge on any atom is 0.182 e. The van der Waals surface area contributed by atoms with Crippen LogP contribution < -0.4 is 0 Å². The normalized spacial score (nSPS) is 14.8. The van der Waals surface area contributed by atoms with Crippen molar-refractivity contribution in [2.45, 2.75) is 12.3 Å². The van der Waals surface area contributed by atoms with E-state index in [2.05, 4.69) is 121 Å². The molecule has 10 rings (SSSR count). The molecule has 1 atom stereocenters. The van der Waals surface area contributed by atoms with Gasteiger partial charge in [0.25, 0.3) is 0 Å². The second-order valence-corrected chi connectivity index (χ2v) is 13.2. The highest BCUT2D eigenvalue weighted by Crippen LogP contribution is 2.54. The minimum absolute atomic E-state index is 0.272. The number of benzene rings is 6. The van der Waals surface area contributed by atoms with Crippen LogP contribution in [0.15, 0.2) is 168 Å². The van der Waals surface area contributed by atoms with Crippen LogP contribution in [0.5, 0.6) is 0 Å². The van der Waals surface area contributed by atoms with E-state index < -0.39 is 0 Å². The molecule has 0 amide bonds. The van der Waals surface area contributed by atoms with E-state index in [1.165, 1.54) is 27.8 Å². The number of rotatable bonds is 5. The van der Waals surface area contributed by atoms with E-state index in [1.54, 1.807) is 6.20 Å². The van der Waals surface area contributed by atoms with E-state index in [-0.39, 0.29) is 5.41 Å². The van der Waals surface area contributed by atoms with Crippen molar-refractivity contribution in [3.8, 4) is 56.5 Å². The maximum absolute atomic E-state index is 6.54. The molecule has 240 valence electrons. The monoisotopic (exact) mass is 654 g/mol. The maximum atomic E-state index is 6.54. The lowest BCUT2D eigenvalue weighted by molar-refractivity contribution is 0.663. The number of furan rings is 1. The van der Waals surface area contributed by atoms with Crippen molar-refractivity contribution in [2.24, 2.45) is 0 Å². The van der Waals surface area contributed by atoms with Crippen LogP contribution in [0.4, 0.5) is 0 Å². The average molecular weight is 655 g/mol. The lowest BCUT2D eigenvalue weighted by Crippen LogP contribution is -2.22. The summed E-state index contributed by atoms with van der Waals surface area (Å²) in [6, 6.07) is 54.8. The molecule has 0 saturated carbocycles. The summed E-state index contributed by atoms with van der Waals surface area (Å²) in [5, 5.41) is 2.22. The van der Waals surface area contributed by atoms with Crippen LogP contribution in [-0.2, 0) is 5.41 Å². The zero-order valence-electron chi connectivity index (χ0n) is 27.8. The van der Waals surface area contributed by atoms with Gasteiger partial charge < -0.3 is 4.42 Å². The molecule has 0 radical (unpaired) electrons. The lowest BCUT2D eigenvalue weighted by atomic mass is 9.74. The molecule has 1 aliphatic rings. The van der Waals surface area contributed by atoms with Gasteiger partial charge in [-0.1, -0.05) is 121 Å². The second-order valence-electron chi connectivity index (χ2n) is 13.2. The van der Waals surface area contributed by atoms with Gasteiger partial charge in [0, 0.05) is 33.5 Å². The molecule has 0 spiro atoms. The van der Waals surface area contributed by atoms with Crippen LogP contribution in [0.2, 0.25) is 0 Å². The molecule has 3 aromatic heterocycles. The molecule has 0 saturated heterocycles. The van der Waals surface area contributed by atoms with Crippen LogP contribution in [0.3, 0.4) is 0 Å². The molecule has 5 heteroatoms. The molecule has 1 aliphatic carbocycles. The zero-order valence-corrected chi connectivity index (χ0v) is 27.8. The fourth-order valence-electron chi connectivity index (χ4n) is 7.66. The molecule has 51 heavy (non-hydrogen) atoms. The smallest absolute Gasteiger partial charge is 0.182 e. The summed E-state index contributed by atoms with van der Waals surface area (Å²) in [5.74, 6) is 1.75.